The van der Waals surface area contributed by atoms with Crippen molar-refractivity contribution in [1.82, 2.24) is 5.32 Å². The van der Waals surface area contributed by atoms with Gasteiger partial charge in [0.05, 0.1) is 12.2 Å². The zero-order valence-electron chi connectivity index (χ0n) is 26.0. The minimum absolute atomic E-state index is 0.111. The molecule has 1 saturated carbocycles. The van der Waals surface area contributed by atoms with E-state index in [0.717, 1.165) is 38.5 Å². The molecule has 2 saturated heterocycles. The first kappa shape index (κ1) is 34.2. The van der Waals surface area contributed by atoms with Gasteiger partial charge in [-0.1, -0.05) is 38.2 Å². The van der Waals surface area contributed by atoms with E-state index >= 15 is 0 Å². The maximum Gasteiger partial charge on any atom is 0.226 e. The molecular weight excluding hydrogens is 534 g/mol. The summed E-state index contributed by atoms with van der Waals surface area (Å²) < 4.78 is 24.7. The first-order valence-electron chi connectivity index (χ1n) is 15.8. The molecule has 0 bridgehead atoms. The lowest BCUT2D eigenvalue weighted by Gasteiger charge is -2.35. The monoisotopic (exact) mass is 585 g/mol. The van der Waals surface area contributed by atoms with Crippen molar-refractivity contribution in [3.8, 4) is 11.8 Å². The first-order chi connectivity index (χ1) is 20.2. The van der Waals surface area contributed by atoms with Crippen LogP contribution in [0.25, 0.3) is 0 Å². The Morgan fingerprint density at radius 1 is 1.10 bits per heavy atom. The van der Waals surface area contributed by atoms with E-state index in [2.05, 4.69) is 43.2 Å². The zero-order valence-corrected chi connectivity index (χ0v) is 26.0. The number of unbranched alkanes of at least 4 members (excludes halogenated alkanes) is 1. The molecule has 8 nitrogen and oxygen atoms in total. The number of amides is 2. The topological polar surface area (TPSA) is 100 Å². The second-order valence-corrected chi connectivity index (χ2v) is 12.4. The highest BCUT2D eigenvalue weighted by Gasteiger charge is 2.43. The molecule has 3 aliphatic rings. The van der Waals surface area contributed by atoms with Gasteiger partial charge in [0, 0.05) is 56.7 Å². The van der Waals surface area contributed by atoms with Gasteiger partial charge in [-0.15, -0.1) is 11.8 Å². The number of hydrogen-bond donors (Lipinski definition) is 1. The molecule has 0 aromatic rings. The molecule has 8 heteroatoms. The van der Waals surface area contributed by atoms with Crippen molar-refractivity contribution in [3.63, 3.8) is 0 Å². The van der Waals surface area contributed by atoms with Crippen LogP contribution in [0, 0.1) is 29.1 Å². The molecule has 0 radical (unpaired) electrons. The smallest absolute Gasteiger partial charge is 0.226 e. The number of ketones is 1. The summed E-state index contributed by atoms with van der Waals surface area (Å²) in [4.78, 5) is 36.0. The lowest BCUT2D eigenvalue weighted by atomic mass is 9.81. The Morgan fingerprint density at radius 3 is 2.45 bits per heavy atom. The molecule has 0 aromatic heterocycles. The standard InChI is InChI=1S/C34H51NO7/c1-5-6-21-34(3,4)30(42-33-18-12-14-23-40-33)20-19-27-26(15-9-7-8-10-16-31(38)35-25(2)36)28(37)24-29(27)41-32-17-11-13-22-39-32/h7,9,19-20,26-27,29-30,32-33H,8,10-18,21-24H2,1-4H3,(H,35,36,38)/b9-7-,20-19+/t26-,27-,29-,30-,32?,33?/m1/s1. The molecule has 0 aromatic carbocycles. The van der Waals surface area contributed by atoms with Crippen LogP contribution in [0.2, 0.25) is 0 Å². The Balaban J connectivity index is 1.73. The Morgan fingerprint density at radius 2 is 1.81 bits per heavy atom. The number of allylic oxidation sites excluding steroid dienone is 2. The lowest BCUT2D eigenvalue weighted by molar-refractivity contribution is -0.197. The summed E-state index contributed by atoms with van der Waals surface area (Å²) in [5.74, 6) is 5.50. The molecule has 2 heterocycles. The van der Waals surface area contributed by atoms with Gasteiger partial charge in [0.25, 0.3) is 0 Å². The van der Waals surface area contributed by atoms with Crippen molar-refractivity contribution in [3.05, 3.63) is 24.3 Å². The lowest BCUT2D eigenvalue weighted by Crippen LogP contribution is -2.36. The summed E-state index contributed by atoms with van der Waals surface area (Å²) in [7, 11) is 0. The van der Waals surface area contributed by atoms with Crippen LogP contribution >= 0.6 is 0 Å². The van der Waals surface area contributed by atoms with E-state index in [1.165, 1.54) is 6.92 Å². The number of nitrogens with one attached hydrogen (secondary N) is 1. The third kappa shape index (κ3) is 11.4. The number of hydrogen-bond acceptors (Lipinski definition) is 7. The predicted octanol–water partition coefficient (Wildman–Crippen LogP) is 5.79. The summed E-state index contributed by atoms with van der Waals surface area (Å²) in [6, 6.07) is 0. The van der Waals surface area contributed by atoms with Crippen LogP contribution in [0.5, 0.6) is 0 Å². The Kier molecular flexibility index (Phi) is 14.4. The molecule has 1 aliphatic carbocycles. The van der Waals surface area contributed by atoms with E-state index in [4.69, 9.17) is 18.9 Å². The first-order valence-corrected chi connectivity index (χ1v) is 15.8. The molecule has 3 rings (SSSR count). The van der Waals surface area contributed by atoms with Gasteiger partial charge >= 0.3 is 0 Å². The molecule has 6 atom stereocenters. The minimum atomic E-state index is -0.342. The van der Waals surface area contributed by atoms with Crippen LogP contribution in [0.15, 0.2) is 24.3 Å². The maximum atomic E-state index is 13.3. The van der Waals surface area contributed by atoms with Gasteiger partial charge in [-0.25, -0.2) is 0 Å². The van der Waals surface area contributed by atoms with Crippen LogP contribution in [0.3, 0.4) is 0 Å². The van der Waals surface area contributed by atoms with Crippen molar-refractivity contribution in [2.75, 3.05) is 13.2 Å². The quantitative estimate of drug-likeness (QED) is 0.156. The van der Waals surface area contributed by atoms with E-state index in [1.807, 2.05) is 19.1 Å². The molecule has 0 spiro atoms. The van der Waals surface area contributed by atoms with Crippen molar-refractivity contribution in [2.24, 2.45) is 17.3 Å². The van der Waals surface area contributed by atoms with Crippen LogP contribution in [0.1, 0.15) is 105 Å². The Labute approximate surface area is 252 Å². The summed E-state index contributed by atoms with van der Waals surface area (Å²) in [6.07, 6.45) is 16.5. The van der Waals surface area contributed by atoms with Crippen LogP contribution in [-0.4, -0.2) is 55.6 Å². The van der Waals surface area contributed by atoms with E-state index < -0.39 is 0 Å². The Hall–Kier alpha value is -2.31. The van der Waals surface area contributed by atoms with Gasteiger partial charge in [-0.3, -0.25) is 19.7 Å². The number of Topliss-reactive ketones (excluding diaryl/α,β-unsaturated/α-hetero) is 1. The molecule has 2 amide bonds. The maximum absolute atomic E-state index is 13.3. The third-order valence-electron chi connectivity index (χ3n) is 8.26. The number of carbonyl (C=O) groups is 3. The summed E-state index contributed by atoms with van der Waals surface area (Å²) in [6.45, 7) is 8.90. The number of ether oxygens (including phenoxy) is 4. The fourth-order valence-electron chi connectivity index (χ4n) is 5.78. The number of rotatable bonds is 14. The molecule has 234 valence electrons. The minimum Gasteiger partial charge on any atom is -0.353 e. The van der Waals surface area contributed by atoms with Crippen LogP contribution < -0.4 is 5.32 Å². The van der Waals surface area contributed by atoms with Crippen molar-refractivity contribution >= 4 is 17.6 Å². The highest BCUT2D eigenvalue weighted by Crippen LogP contribution is 2.38. The van der Waals surface area contributed by atoms with Gasteiger partial charge < -0.3 is 18.9 Å². The second kappa shape index (κ2) is 17.7. The fourth-order valence-corrected chi connectivity index (χ4v) is 5.78. The van der Waals surface area contributed by atoms with E-state index in [1.54, 1.807) is 0 Å². The number of imide groups is 1. The summed E-state index contributed by atoms with van der Waals surface area (Å²) >= 11 is 0. The highest BCUT2D eigenvalue weighted by atomic mass is 16.7. The highest BCUT2D eigenvalue weighted by molar-refractivity contribution is 5.93. The largest absolute Gasteiger partial charge is 0.353 e. The molecule has 1 N–H and O–H groups in total. The van der Waals surface area contributed by atoms with Crippen molar-refractivity contribution < 1.29 is 33.3 Å². The van der Waals surface area contributed by atoms with E-state index in [9.17, 15) is 14.4 Å². The van der Waals surface area contributed by atoms with Crippen LogP contribution in [0.4, 0.5) is 0 Å². The summed E-state index contributed by atoms with van der Waals surface area (Å²) in [5, 5.41) is 2.29. The normalized spacial score (nSPS) is 27.6. The van der Waals surface area contributed by atoms with Gasteiger partial charge in [-0.05, 0) is 64.7 Å². The zero-order chi connectivity index (χ0) is 30.4. The summed E-state index contributed by atoms with van der Waals surface area (Å²) in [5.41, 5.74) is -0.254. The molecular formula is C34H51NO7. The molecule has 3 fully saturated rings. The second-order valence-electron chi connectivity index (χ2n) is 12.4. The molecule has 42 heavy (non-hydrogen) atoms. The van der Waals surface area contributed by atoms with Crippen molar-refractivity contribution in [1.29, 1.82) is 0 Å². The van der Waals surface area contributed by atoms with E-state index in [0.29, 0.717) is 51.7 Å². The Bertz CT molecular complexity index is 995. The predicted molar refractivity (Wildman–Crippen MR) is 161 cm³/mol. The number of carbonyl (C=O) groups excluding carboxylic acids is 3. The molecule has 2 aliphatic heterocycles. The molecule has 2 unspecified atom stereocenters. The average Bonchev–Trinajstić information content (AvgIpc) is 3.25. The van der Waals surface area contributed by atoms with Gasteiger partial charge in [-0.2, -0.15) is 0 Å². The van der Waals surface area contributed by atoms with Crippen LogP contribution in [-0.2, 0) is 33.3 Å². The van der Waals surface area contributed by atoms with Gasteiger partial charge in [0.2, 0.25) is 11.8 Å². The van der Waals surface area contributed by atoms with Gasteiger partial charge in [0.1, 0.15) is 5.78 Å². The third-order valence-corrected chi connectivity index (χ3v) is 8.26. The van der Waals surface area contributed by atoms with E-state index in [-0.39, 0.29) is 59.6 Å². The van der Waals surface area contributed by atoms with Gasteiger partial charge in [0.15, 0.2) is 12.6 Å². The fraction of sp³-hybridized carbons (Fsp3) is 0.735. The van der Waals surface area contributed by atoms with Crippen molar-refractivity contribution in [2.45, 2.75) is 130 Å². The SMILES string of the molecule is CC#CCC(C)(C)[C@@H](/C=C/[C@H]1[C@H](OC2CCCCO2)CC(=O)[C@@H]1C/C=C\CCCC(=O)NC(C)=O)OC1CCCCO1. The average molecular weight is 586 g/mol.